The molecular formula is C21H26N2O4. The molecular weight excluding hydrogens is 344 g/mol. The predicted molar refractivity (Wildman–Crippen MR) is 105 cm³/mol. The van der Waals surface area contributed by atoms with E-state index in [4.69, 9.17) is 9.47 Å². The van der Waals surface area contributed by atoms with Gasteiger partial charge in [0.25, 0.3) is 5.91 Å². The summed E-state index contributed by atoms with van der Waals surface area (Å²) in [6.07, 6.45) is 2.08. The summed E-state index contributed by atoms with van der Waals surface area (Å²) in [7, 11) is 0. The highest BCUT2D eigenvalue weighted by Gasteiger charge is 2.07. The molecule has 0 radical (unpaired) electrons. The first-order valence-corrected chi connectivity index (χ1v) is 9.05. The van der Waals surface area contributed by atoms with Gasteiger partial charge in [0.1, 0.15) is 11.5 Å². The molecule has 0 aliphatic carbocycles. The molecule has 2 amide bonds. The zero-order chi connectivity index (χ0) is 19.5. The lowest BCUT2D eigenvalue weighted by molar-refractivity contribution is -0.125. The number of benzene rings is 2. The molecule has 6 nitrogen and oxygen atoms in total. The van der Waals surface area contributed by atoms with Gasteiger partial charge in [-0.05, 0) is 55.3 Å². The molecule has 144 valence electrons. The Bertz CT molecular complexity index is 744. The normalized spacial score (nSPS) is 10.1. The summed E-state index contributed by atoms with van der Waals surface area (Å²) >= 11 is 0. The van der Waals surface area contributed by atoms with Crippen LogP contribution in [0.1, 0.15) is 25.3 Å². The highest BCUT2D eigenvalue weighted by molar-refractivity contribution is 5.94. The topological polar surface area (TPSA) is 76.7 Å². The van der Waals surface area contributed by atoms with Crippen molar-refractivity contribution in [2.75, 3.05) is 25.1 Å². The maximum atomic E-state index is 11.9. The van der Waals surface area contributed by atoms with Gasteiger partial charge in [0, 0.05) is 5.69 Å². The summed E-state index contributed by atoms with van der Waals surface area (Å²) < 4.78 is 11.0. The van der Waals surface area contributed by atoms with E-state index in [1.807, 2.05) is 25.1 Å². The third-order valence-electron chi connectivity index (χ3n) is 3.71. The molecule has 2 aromatic carbocycles. The lowest BCUT2D eigenvalue weighted by atomic mass is 10.2. The van der Waals surface area contributed by atoms with Crippen molar-refractivity contribution in [3.63, 3.8) is 0 Å². The van der Waals surface area contributed by atoms with Crippen LogP contribution in [0, 0.1) is 6.92 Å². The van der Waals surface area contributed by atoms with E-state index in [1.54, 1.807) is 30.3 Å². The van der Waals surface area contributed by atoms with Gasteiger partial charge in [0.2, 0.25) is 5.91 Å². The number of carbonyl (C=O) groups is 2. The minimum absolute atomic E-state index is 0.120. The average molecular weight is 370 g/mol. The highest BCUT2D eigenvalue weighted by atomic mass is 16.5. The number of hydrogen-bond acceptors (Lipinski definition) is 4. The first-order valence-electron chi connectivity index (χ1n) is 9.05. The van der Waals surface area contributed by atoms with E-state index in [1.165, 1.54) is 0 Å². The fourth-order valence-corrected chi connectivity index (χ4v) is 2.26. The van der Waals surface area contributed by atoms with Gasteiger partial charge in [-0.25, -0.2) is 0 Å². The van der Waals surface area contributed by atoms with Crippen LogP contribution in [0.15, 0.2) is 48.5 Å². The van der Waals surface area contributed by atoms with Crippen molar-refractivity contribution in [1.29, 1.82) is 0 Å². The molecule has 0 heterocycles. The van der Waals surface area contributed by atoms with Gasteiger partial charge in [-0.3, -0.25) is 9.59 Å². The smallest absolute Gasteiger partial charge is 0.258 e. The second kappa shape index (κ2) is 10.9. The van der Waals surface area contributed by atoms with Gasteiger partial charge >= 0.3 is 0 Å². The van der Waals surface area contributed by atoms with Crippen LogP contribution in [-0.4, -0.2) is 31.6 Å². The monoisotopic (exact) mass is 370 g/mol. The van der Waals surface area contributed by atoms with Crippen LogP contribution in [0.5, 0.6) is 11.5 Å². The molecule has 0 unspecified atom stereocenters. The quantitative estimate of drug-likeness (QED) is 0.629. The Hall–Kier alpha value is -3.02. The summed E-state index contributed by atoms with van der Waals surface area (Å²) in [6, 6.07) is 14.6. The van der Waals surface area contributed by atoms with Crippen LogP contribution in [0.4, 0.5) is 5.69 Å². The second-order valence-corrected chi connectivity index (χ2v) is 6.16. The van der Waals surface area contributed by atoms with Crippen LogP contribution >= 0.6 is 0 Å². The first-order chi connectivity index (χ1) is 13.1. The number of rotatable bonds is 10. The Morgan fingerprint density at radius 2 is 1.74 bits per heavy atom. The number of carbonyl (C=O) groups excluding carboxylic acids is 2. The van der Waals surface area contributed by atoms with Crippen molar-refractivity contribution in [3.8, 4) is 11.5 Å². The summed E-state index contributed by atoms with van der Waals surface area (Å²) in [5.74, 6) is 0.726. The van der Waals surface area contributed by atoms with Crippen molar-refractivity contribution in [2.45, 2.75) is 26.7 Å². The van der Waals surface area contributed by atoms with E-state index in [-0.39, 0.29) is 25.0 Å². The van der Waals surface area contributed by atoms with Crippen molar-refractivity contribution in [3.05, 3.63) is 54.1 Å². The van der Waals surface area contributed by atoms with Crippen molar-refractivity contribution < 1.29 is 19.1 Å². The number of unbranched alkanes of at least 4 members (excludes halogenated alkanes) is 1. The SMILES string of the molecule is CCCCOc1ccc(NC(=O)CNC(=O)COc2cccc(C)c2)cc1. The molecule has 0 fully saturated rings. The minimum Gasteiger partial charge on any atom is -0.494 e. The van der Waals surface area contributed by atoms with E-state index < -0.39 is 0 Å². The number of hydrogen-bond donors (Lipinski definition) is 2. The lowest BCUT2D eigenvalue weighted by Gasteiger charge is -2.09. The molecule has 0 spiro atoms. The fraction of sp³-hybridized carbons (Fsp3) is 0.333. The molecule has 0 saturated heterocycles. The van der Waals surface area contributed by atoms with Gasteiger partial charge < -0.3 is 20.1 Å². The van der Waals surface area contributed by atoms with Crippen molar-refractivity contribution >= 4 is 17.5 Å². The van der Waals surface area contributed by atoms with E-state index in [2.05, 4.69) is 17.6 Å². The second-order valence-electron chi connectivity index (χ2n) is 6.16. The van der Waals surface area contributed by atoms with Gasteiger partial charge in [0.05, 0.1) is 13.2 Å². The molecule has 0 saturated carbocycles. The summed E-state index contributed by atoms with van der Waals surface area (Å²) in [6.45, 7) is 4.47. The van der Waals surface area contributed by atoms with E-state index in [0.717, 1.165) is 24.2 Å². The number of ether oxygens (including phenoxy) is 2. The number of aryl methyl sites for hydroxylation is 1. The third kappa shape index (κ3) is 7.81. The summed E-state index contributed by atoms with van der Waals surface area (Å²) in [5.41, 5.74) is 1.70. The molecule has 2 rings (SSSR count). The molecule has 0 aromatic heterocycles. The third-order valence-corrected chi connectivity index (χ3v) is 3.71. The van der Waals surface area contributed by atoms with Crippen LogP contribution in [0.3, 0.4) is 0 Å². The molecule has 6 heteroatoms. The van der Waals surface area contributed by atoms with Gasteiger partial charge in [-0.1, -0.05) is 25.5 Å². The van der Waals surface area contributed by atoms with E-state index in [0.29, 0.717) is 18.0 Å². The van der Waals surface area contributed by atoms with Crippen LogP contribution in [0.25, 0.3) is 0 Å². The Labute approximate surface area is 159 Å². The zero-order valence-electron chi connectivity index (χ0n) is 15.8. The number of anilines is 1. The van der Waals surface area contributed by atoms with Crippen LogP contribution in [0.2, 0.25) is 0 Å². The number of amides is 2. The van der Waals surface area contributed by atoms with Crippen molar-refractivity contribution in [1.82, 2.24) is 5.32 Å². The molecule has 0 aliphatic rings. The molecule has 2 aromatic rings. The molecule has 0 bridgehead atoms. The fourth-order valence-electron chi connectivity index (χ4n) is 2.26. The lowest BCUT2D eigenvalue weighted by Crippen LogP contribution is -2.35. The zero-order valence-corrected chi connectivity index (χ0v) is 15.8. The predicted octanol–water partition coefficient (Wildman–Crippen LogP) is 3.31. The maximum absolute atomic E-state index is 11.9. The van der Waals surface area contributed by atoms with Crippen LogP contribution < -0.4 is 20.1 Å². The first kappa shape index (κ1) is 20.3. The maximum Gasteiger partial charge on any atom is 0.258 e. The summed E-state index contributed by atoms with van der Waals surface area (Å²) in [4.78, 5) is 23.7. The molecule has 0 atom stereocenters. The van der Waals surface area contributed by atoms with E-state index >= 15 is 0 Å². The van der Waals surface area contributed by atoms with Gasteiger partial charge in [-0.2, -0.15) is 0 Å². The Morgan fingerprint density at radius 3 is 2.44 bits per heavy atom. The van der Waals surface area contributed by atoms with Gasteiger partial charge in [-0.15, -0.1) is 0 Å². The Morgan fingerprint density at radius 1 is 0.963 bits per heavy atom. The standard InChI is InChI=1S/C21H26N2O4/c1-3-4-12-26-18-10-8-17(9-11-18)23-20(24)14-22-21(25)15-27-19-7-5-6-16(2)13-19/h5-11,13H,3-4,12,14-15H2,1-2H3,(H,22,25)(H,23,24). The Kier molecular flexibility index (Phi) is 8.16. The minimum atomic E-state index is -0.355. The average Bonchev–Trinajstić information content (AvgIpc) is 2.66. The van der Waals surface area contributed by atoms with Crippen LogP contribution in [-0.2, 0) is 9.59 Å². The number of nitrogens with one attached hydrogen (secondary N) is 2. The summed E-state index contributed by atoms with van der Waals surface area (Å²) in [5, 5.41) is 5.26. The molecule has 2 N–H and O–H groups in total. The Balaban J connectivity index is 1.68. The van der Waals surface area contributed by atoms with E-state index in [9.17, 15) is 9.59 Å². The van der Waals surface area contributed by atoms with Gasteiger partial charge in [0.15, 0.2) is 6.61 Å². The molecule has 27 heavy (non-hydrogen) atoms. The van der Waals surface area contributed by atoms with Crippen molar-refractivity contribution in [2.24, 2.45) is 0 Å². The largest absolute Gasteiger partial charge is 0.494 e. The molecule has 0 aliphatic heterocycles. The highest BCUT2D eigenvalue weighted by Crippen LogP contribution is 2.16.